The Morgan fingerprint density at radius 3 is 1.25 bits per heavy atom. The van der Waals surface area contributed by atoms with Gasteiger partial charge >= 0.3 is 6.09 Å². The third-order valence-electron chi connectivity index (χ3n) is 10.9. The number of ether oxygens (including phenoxy) is 3. The van der Waals surface area contributed by atoms with Crippen LogP contribution in [-0.2, 0) is 14.2 Å². The molecule has 1 unspecified atom stereocenters. The number of amides is 1. The lowest BCUT2D eigenvalue weighted by molar-refractivity contribution is -0.0358. The lowest BCUT2D eigenvalue weighted by Crippen LogP contribution is -2.36. The van der Waals surface area contributed by atoms with Gasteiger partial charge in [-0.25, -0.2) is 4.79 Å². The molecule has 0 saturated heterocycles. The minimum atomic E-state index is -0.322. The zero-order valence-electron chi connectivity index (χ0n) is 37.2. The molecule has 318 valence electrons. The normalized spacial score (nSPS) is 12.5. The highest BCUT2D eigenvalue weighted by atomic mass is 16.6. The van der Waals surface area contributed by atoms with Gasteiger partial charge in [-0.2, -0.15) is 0 Å². The van der Waals surface area contributed by atoms with Crippen LogP contribution in [0, 0.1) is 5.92 Å². The van der Waals surface area contributed by atoms with Gasteiger partial charge in [-0.3, -0.25) is 0 Å². The van der Waals surface area contributed by atoms with Crippen LogP contribution in [0.2, 0.25) is 0 Å². The first-order chi connectivity index (χ1) is 25.8. The highest BCUT2D eigenvalue weighted by Crippen LogP contribution is 2.18. The summed E-state index contributed by atoms with van der Waals surface area (Å²) < 4.78 is 18.0. The Hall–Kier alpha value is -0.810. The van der Waals surface area contributed by atoms with E-state index in [1.54, 1.807) is 0 Å². The zero-order valence-corrected chi connectivity index (χ0v) is 37.2. The van der Waals surface area contributed by atoms with Crippen LogP contribution in [0.15, 0.2) is 0 Å². The van der Waals surface area contributed by atoms with Crippen molar-refractivity contribution in [2.75, 3.05) is 26.4 Å². The van der Waals surface area contributed by atoms with E-state index in [0.717, 1.165) is 38.9 Å². The third-order valence-corrected chi connectivity index (χ3v) is 10.9. The summed E-state index contributed by atoms with van der Waals surface area (Å²) in [4.78, 5) is 12.7. The molecule has 0 radical (unpaired) electrons. The van der Waals surface area contributed by atoms with Gasteiger partial charge in [0.05, 0.1) is 12.2 Å². The largest absolute Gasteiger partial charge is 0.444 e. The summed E-state index contributed by atoms with van der Waals surface area (Å²) in [5.41, 5.74) is -0.263. The molecule has 0 aliphatic rings. The monoisotopic (exact) mass is 752 g/mol. The first-order valence-electron chi connectivity index (χ1n) is 24.0. The van der Waals surface area contributed by atoms with Crippen molar-refractivity contribution in [2.24, 2.45) is 5.92 Å². The van der Waals surface area contributed by atoms with E-state index in [1.807, 2.05) is 0 Å². The van der Waals surface area contributed by atoms with E-state index >= 15 is 0 Å². The van der Waals surface area contributed by atoms with Crippen LogP contribution in [0.25, 0.3) is 0 Å². The SMILES string of the molecule is CCCCCCCCCCCCCCCCCCOCC(CCCCCCCCCCCCCCCCCC)OC(=O)NCCC(C)(C)OCC(C)C. The molecular formula is C48H97NO4. The van der Waals surface area contributed by atoms with E-state index < -0.39 is 0 Å². The minimum Gasteiger partial charge on any atom is -0.444 e. The maximum Gasteiger partial charge on any atom is 0.407 e. The van der Waals surface area contributed by atoms with Crippen molar-refractivity contribution >= 4 is 6.09 Å². The van der Waals surface area contributed by atoms with Crippen LogP contribution in [0.5, 0.6) is 0 Å². The molecule has 1 amide bonds. The van der Waals surface area contributed by atoms with Crippen molar-refractivity contribution in [3.05, 3.63) is 0 Å². The molecule has 1 atom stereocenters. The topological polar surface area (TPSA) is 56.8 Å². The predicted molar refractivity (Wildman–Crippen MR) is 232 cm³/mol. The standard InChI is InChI=1S/C48H97NO4/c1-7-9-11-13-15-17-19-21-23-25-27-29-31-33-35-37-39-46(53-47(50)49-41-40-48(5,6)52-43-45(3)4)44-51-42-38-36-34-32-30-28-26-24-22-20-18-16-14-12-10-8-2/h45-46H,7-44H2,1-6H3,(H,49,50). The number of hydrogen-bond donors (Lipinski definition) is 1. The van der Waals surface area contributed by atoms with Gasteiger partial charge < -0.3 is 19.5 Å². The van der Waals surface area contributed by atoms with Gasteiger partial charge in [-0.1, -0.05) is 220 Å². The van der Waals surface area contributed by atoms with Crippen molar-refractivity contribution in [1.29, 1.82) is 0 Å². The van der Waals surface area contributed by atoms with Gasteiger partial charge in [0.25, 0.3) is 0 Å². The van der Waals surface area contributed by atoms with E-state index in [1.165, 1.54) is 193 Å². The van der Waals surface area contributed by atoms with E-state index in [0.29, 0.717) is 19.1 Å². The predicted octanol–water partition coefficient (Wildman–Crippen LogP) is 15.9. The zero-order chi connectivity index (χ0) is 38.9. The molecule has 0 heterocycles. The molecule has 0 aromatic heterocycles. The highest BCUT2D eigenvalue weighted by molar-refractivity contribution is 5.67. The quantitative estimate of drug-likeness (QED) is 0.0630. The Bertz CT molecular complexity index is 726. The summed E-state index contributed by atoms with van der Waals surface area (Å²) in [5, 5.41) is 2.98. The molecule has 1 N–H and O–H groups in total. The summed E-state index contributed by atoms with van der Waals surface area (Å²) in [7, 11) is 0. The second-order valence-corrected chi connectivity index (χ2v) is 17.6. The lowest BCUT2D eigenvalue weighted by Gasteiger charge is -2.26. The molecule has 0 bridgehead atoms. The van der Waals surface area contributed by atoms with Gasteiger partial charge in [-0.15, -0.1) is 0 Å². The maximum atomic E-state index is 12.7. The molecule has 0 rings (SSSR count). The Labute approximate surface area is 333 Å². The first-order valence-corrected chi connectivity index (χ1v) is 24.0. The number of unbranched alkanes of at least 4 members (excludes halogenated alkanes) is 30. The van der Waals surface area contributed by atoms with Crippen LogP contribution in [0.1, 0.15) is 260 Å². The molecule has 5 nitrogen and oxygen atoms in total. The first kappa shape index (κ1) is 52.2. The van der Waals surface area contributed by atoms with E-state index in [-0.39, 0.29) is 17.8 Å². The van der Waals surface area contributed by atoms with Crippen LogP contribution in [0.3, 0.4) is 0 Å². The van der Waals surface area contributed by atoms with E-state index in [9.17, 15) is 4.79 Å². The molecule has 0 aliphatic carbocycles. The molecule has 5 heteroatoms. The number of carbonyl (C=O) groups excluding carboxylic acids is 1. The summed E-state index contributed by atoms with van der Waals surface area (Å²) in [6.45, 7) is 15.6. The average molecular weight is 752 g/mol. The fraction of sp³-hybridized carbons (Fsp3) is 0.979. The molecule has 0 saturated carbocycles. The Morgan fingerprint density at radius 2 is 0.868 bits per heavy atom. The van der Waals surface area contributed by atoms with Crippen LogP contribution in [-0.4, -0.2) is 44.2 Å². The van der Waals surface area contributed by atoms with Gasteiger partial charge in [-0.05, 0) is 45.4 Å². The summed E-state index contributed by atoms with van der Waals surface area (Å²) in [5.74, 6) is 0.497. The molecule has 0 fully saturated rings. The molecule has 0 aromatic carbocycles. The van der Waals surface area contributed by atoms with E-state index in [4.69, 9.17) is 14.2 Å². The summed E-state index contributed by atoms with van der Waals surface area (Å²) in [6, 6.07) is 0. The van der Waals surface area contributed by atoms with Crippen molar-refractivity contribution in [3.8, 4) is 0 Å². The van der Waals surface area contributed by atoms with Gasteiger partial charge in [0.1, 0.15) is 6.10 Å². The molecule has 53 heavy (non-hydrogen) atoms. The Morgan fingerprint density at radius 1 is 0.509 bits per heavy atom. The van der Waals surface area contributed by atoms with Crippen LogP contribution < -0.4 is 5.32 Å². The number of alkyl carbamates (subject to hydrolysis) is 1. The smallest absolute Gasteiger partial charge is 0.407 e. The van der Waals surface area contributed by atoms with Crippen LogP contribution >= 0.6 is 0 Å². The van der Waals surface area contributed by atoms with Gasteiger partial charge in [0.15, 0.2) is 0 Å². The second kappa shape index (κ2) is 40.8. The summed E-state index contributed by atoms with van der Waals surface area (Å²) >= 11 is 0. The van der Waals surface area contributed by atoms with Crippen molar-refractivity contribution < 1.29 is 19.0 Å². The number of carbonyl (C=O) groups is 1. The average Bonchev–Trinajstić information content (AvgIpc) is 3.13. The van der Waals surface area contributed by atoms with Gasteiger partial charge in [0.2, 0.25) is 0 Å². The molecule has 0 aromatic rings. The van der Waals surface area contributed by atoms with Crippen molar-refractivity contribution in [3.63, 3.8) is 0 Å². The van der Waals surface area contributed by atoms with Crippen molar-refractivity contribution in [2.45, 2.75) is 272 Å². The molecule has 0 aliphatic heterocycles. The Kier molecular flexibility index (Phi) is 40.2. The third kappa shape index (κ3) is 42.2. The molecule has 0 spiro atoms. The maximum absolute atomic E-state index is 12.7. The number of rotatable bonds is 43. The number of hydrogen-bond acceptors (Lipinski definition) is 4. The fourth-order valence-corrected chi connectivity index (χ4v) is 7.19. The van der Waals surface area contributed by atoms with E-state index in [2.05, 4.69) is 46.9 Å². The van der Waals surface area contributed by atoms with Gasteiger partial charge in [0, 0.05) is 19.8 Å². The number of nitrogens with one attached hydrogen (secondary N) is 1. The Balaban J connectivity index is 4.12. The van der Waals surface area contributed by atoms with Crippen molar-refractivity contribution in [1.82, 2.24) is 5.32 Å². The highest BCUT2D eigenvalue weighted by Gasteiger charge is 2.20. The summed E-state index contributed by atoms with van der Waals surface area (Å²) in [6.07, 6.45) is 45.0. The van der Waals surface area contributed by atoms with Crippen LogP contribution in [0.4, 0.5) is 4.79 Å². The molecular weight excluding hydrogens is 655 g/mol. The minimum absolute atomic E-state index is 0.173. The second-order valence-electron chi connectivity index (χ2n) is 17.6. The fourth-order valence-electron chi connectivity index (χ4n) is 7.19. The lowest BCUT2D eigenvalue weighted by atomic mass is 10.0.